The quantitative estimate of drug-likeness (QED) is 0.540. The Morgan fingerprint density at radius 2 is 2.12 bits per heavy atom. The molecule has 1 nitrogen and oxygen atoms in total. The second-order valence-corrected chi connectivity index (χ2v) is 2.65. The van der Waals surface area contributed by atoms with Crippen LogP contribution in [0.5, 0.6) is 0 Å². The molecule has 0 bridgehead atoms. The van der Waals surface area contributed by atoms with Gasteiger partial charge in [0.1, 0.15) is 0 Å². The molecule has 1 fully saturated rings. The number of nitrogens with one attached hydrogen (secondary N) is 1. The Labute approximate surface area is 56.2 Å². The molecule has 0 saturated carbocycles. The van der Waals surface area contributed by atoms with Gasteiger partial charge in [0.05, 0.1) is 0 Å². The lowest BCUT2D eigenvalue weighted by Crippen LogP contribution is -2.18. The Morgan fingerprint density at radius 1 is 1.50 bits per heavy atom. The first-order chi connectivity index (χ1) is 3.89. The van der Waals surface area contributed by atoms with E-state index >= 15 is 0 Å². The van der Waals surface area contributed by atoms with Crippen LogP contribution in [0.1, 0.15) is 20.8 Å². The summed E-state index contributed by atoms with van der Waals surface area (Å²) < 4.78 is 0. The third kappa shape index (κ3) is 3.33. The molecule has 1 aliphatic heterocycles. The van der Waals surface area contributed by atoms with Crippen LogP contribution in [0.2, 0.25) is 0 Å². The second-order valence-electron chi connectivity index (χ2n) is 1.62. The zero-order chi connectivity index (χ0) is 6.41. The highest BCUT2D eigenvalue weighted by Gasteiger charge is 2.05. The van der Waals surface area contributed by atoms with Crippen LogP contribution in [0.25, 0.3) is 0 Å². The van der Waals surface area contributed by atoms with Crippen molar-refractivity contribution in [1.82, 2.24) is 5.32 Å². The van der Waals surface area contributed by atoms with E-state index in [9.17, 15) is 0 Å². The van der Waals surface area contributed by atoms with Crippen molar-refractivity contribution in [3.8, 4) is 0 Å². The van der Waals surface area contributed by atoms with E-state index in [0.29, 0.717) is 0 Å². The van der Waals surface area contributed by atoms with Gasteiger partial charge in [0.25, 0.3) is 0 Å². The van der Waals surface area contributed by atoms with Gasteiger partial charge in [-0.1, -0.05) is 13.8 Å². The van der Waals surface area contributed by atoms with Crippen molar-refractivity contribution in [2.75, 3.05) is 11.6 Å². The Morgan fingerprint density at radius 3 is 2.25 bits per heavy atom. The van der Waals surface area contributed by atoms with E-state index in [1.54, 1.807) is 0 Å². The molecular formula is C6H15NS. The predicted octanol–water partition coefficient (Wildman–Crippen LogP) is 1.70. The molecule has 1 aliphatic rings. The number of hydrogen-bond acceptors (Lipinski definition) is 2. The molecule has 1 rings (SSSR count). The Balaban J connectivity index is 0.000000222. The highest BCUT2D eigenvalue weighted by Crippen LogP contribution is 2.07. The summed E-state index contributed by atoms with van der Waals surface area (Å²) in [4.78, 5) is 0. The molecule has 0 spiro atoms. The lowest BCUT2D eigenvalue weighted by atomic mass is 10.4. The van der Waals surface area contributed by atoms with E-state index in [-0.39, 0.29) is 0 Å². The van der Waals surface area contributed by atoms with E-state index in [2.05, 4.69) is 12.2 Å². The van der Waals surface area contributed by atoms with Crippen molar-refractivity contribution < 1.29 is 0 Å². The minimum atomic E-state index is 0.759. The van der Waals surface area contributed by atoms with Crippen molar-refractivity contribution in [3.05, 3.63) is 0 Å². The highest BCUT2D eigenvalue weighted by molar-refractivity contribution is 7.99. The molecular weight excluding hydrogens is 118 g/mol. The van der Waals surface area contributed by atoms with Gasteiger partial charge in [0.15, 0.2) is 0 Å². The van der Waals surface area contributed by atoms with Crippen LogP contribution in [0.15, 0.2) is 0 Å². The molecule has 0 aromatic heterocycles. The van der Waals surface area contributed by atoms with Crippen LogP contribution >= 0.6 is 11.8 Å². The van der Waals surface area contributed by atoms with Gasteiger partial charge in [-0.2, -0.15) is 0 Å². The summed E-state index contributed by atoms with van der Waals surface area (Å²) in [6, 6.07) is 0.759. The summed E-state index contributed by atoms with van der Waals surface area (Å²) in [5.74, 6) is 2.45. The maximum absolute atomic E-state index is 3.28. The summed E-state index contributed by atoms with van der Waals surface area (Å²) in [7, 11) is 0. The van der Waals surface area contributed by atoms with E-state index in [1.165, 1.54) is 5.75 Å². The number of rotatable bonds is 0. The summed E-state index contributed by atoms with van der Waals surface area (Å²) in [6.45, 7) is 6.21. The van der Waals surface area contributed by atoms with Crippen molar-refractivity contribution in [1.29, 1.82) is 0 Å². The molecule has 0 amide bonds. The van der Waals surface area contributed by atoms with Crippen molar-refractivity contribution in [3.63, 3.8) is 0 Å². The third-order valence-electron chi connectivity index (χ3n) is 0.902. The standard InChI is InChI=1S/C4H9NS.C2H6/c1-4-2-6-3-5-4;1-2/h4-5H,2-3H2,1H3;1-2H3. The molecule has 0 aliphatic carbocycles. The van der Waals surface area contributed by atoms with Crippen LogP contribution in [0, 0.1) is 0 Å². The van der Waals surface area contributed by atoms with Gasteiger partial charge in [0.2, 0.25) is 0 Å². The summed E-state index contributed by atoms with van der Waals surface area (Å²) >= 11 is 1.97. The first-order valence-corrected chi connectivity index (χ1v) is 4.36. The average Bonchev–Trinajstić information content (AvgIpc) is 2.24. The van der Waals surface area contributed by atoms with E-state index in [0.717, 1.165) is 11.9 Å². The van der Waals surface area contributed by atoms with Crippen molar-refractivity contribution in [2.45, 2.75) is 26.8 Å². The highest BCUT2D eigenvalue weighted by atomic mass is 32.2. The van der Waals surface area contributed by atoms with E-state index in [1.807, 2.05) is 25.6 Å². The molecule has 1 heterocycles. The maximum atomic E-state index is 3.28. The van der Waals surface area contributed by atoms with E-state index < -0.39 is 0 Å². The molecule has 0 radical (unpaired) electrons. The monoisotopic (exact) mass is 133 g/mol. The Hall–Kier alpha value is 0.310. The molecule has 2 heteroatoms. The Kier molecular flexibility index (Phi) is 5.66. The molecule has 0 aromatic carbocycles. The average molecular weight is 133 g/mol. The number of hydrogen-bond donors (Lipinski definition) is 1. The molecule has 1 N–H and O–H groups in total. The smallest absolute Gasteiger partial charge is 0.0420 e. The molecule has 0 aromatic rings. The summed E-state index contributed by atoms with van der Waals surface area (Å²) in [6.07, 6.45) is 0. The minimum absolute atomic E-state index is 0.759. The first kappa shape index (κ1) is 8.31. The Bertz CT molecular complexity index is 41.8. The fourth-order valence-electron chi connectivity index (χ4n) is 0.496. The summed E-state index contributed by atoms with van der Waals surface area (Å²) in [5, 5.41) is 3.28. The minimum Gasteiger partial charge on any atom is -0.305 e. The molecule has 1 atom stereocenters. The van der Waals surface area contributed by atoms with Gasteiger partial charge >= 0.3 is 0 Å². The maximum Gasteiger partial charge on any atom is 0.0420 e. The largest absolute Gasteiger partial charge is 0.305 e. The second kappa shape index (κ2) is 5.45. The lowest BCUT2D eigenvalue weighted by molar-refractivity contribution is 0.692. The van der Waals surface area contributed by atoms with Gasteiger partial charge in [-0.25, -0.2) is 0 Å². The van der Waals surface area contributed by atoms with E-state index in [4.69, 9.17) is 0 Å². The topological polar surface area (TPSA) is 12.0 Å². The zero-order valence-corrected chi connectivity index (χ0v) is 6.72. The molecule has 50 valence electrons. The van der Waals surface area contributed by atoms with Gasteiger partial charge in [-0.05, 0) is 6.92 Å². The van der Waals surface area contributed by atoms with Crippen LogP contribution in [-0.4, -0.2) is 17.7 Å². The van der Waals surface area contributed by atoms with Gasteiger partial charge in [-0.3, -0.25) is 0 Å². The molecule has 8 heavy (non-hydrogen) atoms. The summed E-state index contributed by atoms with van der Waals surface area (Å²) in [5.41, 5.74) is 0. The van der Waals surface area contributed by atoms with Gasteiger partial charge in [0, 0.05) is 17.7 Å². The first-order valence-electron chi connectivity index (χ1n) is 3.21. The van der Waals surface area contributed by atoms with Gasteiger partial charge in [-0.15, -0.1) is 11.8 Å². The SMILES string of the molecule is CC.CC1CSCN1. The number of thioether (sulfide) groups is 1. The predicted molar refractivity (Wildman–Crippen MR) is 41.3 cm³/mol. The zero-order valence-electron chi connectivity index (χ0n) is 5.90. The third-order valence-corrected chi connectivity index (χ3v) is 2.01. The normalized spacial score (nSPS) is 26.6. The van der Waals surface area contributed by atoms with Crippen molar-refractivity contribution >= 4 is 11.8 Å². The molecule has 1 saturated heterocycles. The molecule has 1 unspecified atom stereocenters. The fourth-order valence-corrected chi connectivity index (χ4v) is 1.49. The van der Waals surface area contributed by atoms with Gasteiger partial charge < -0.3 is 5.32 Å². The lowest BCUT2D eigenvalue weighted by Gasteiger charge is -1.93. The van der Waals surface area contributed by atoms with Crippen LogP contribution in [0.3, 0.4) is 0 Å². The van der Waals surface area contributed by atoms with Crippen LogP contribution in [0.4, 0.5) is 0 Å². The fraction of sp³-hybridized carbons (Fsp3) is 1.00. The van der Waals surface area contributed by atoms with Crippen LogP contribution < -0.4 is 5.32 Å². The van der Waals surface area contributed by atoms with Crippen LogP contribution in [-0.2, 0) is 0 Å². The van der Waals surface area contributed by atoms with Crippen molar-refractivity contribution in [2.24, 2.45) is 0 Å².